The average molecular weight is 522 g/mol. The lowest BCUT2D eigenvalue weighted by molar-refractivity contribution is -0.127. The summed E-state index contributed by atoms with van der Waals surface area (Å²) in [5.41, 5.74) is 3.28. The number of hydrogen-bond donors (Lipinski definition) is 1. The van der Waals surface area contributed by atoms with Crippen LogP contribution >= 0.6 is 0 Å². The van der Waals surface area contributed by atoms with Gasteiger partial charge in [-0.3, -0.25) is 14.0 Å². The first-order valence-corrected chi connectivity index (χ1v) is 14.0. The number of ether oxygens (including phenoxy) is 2. The molecule has 2 aliphatic rings. The molecule has 1 atom stereocenters. The Kier molecular flexibility index (Phi) is 7.73. The minimum Gasteiger partial charge on any atom is -0.476 e. The molecule has 3 aromatic carbocycles. The van der Waals surface area contributed by atoms with Crippen molar-refractivity contribution in [3.63, 3.8) is 0 Å². The quantitative estimate of drug-likeness (QED) is 0.491. The Labute approximate surface area is 217 Å². The van der Waals surface area contributed by atoms with Gasteiger partial charge in [0.25, 0.3) is 5.91 Å². The van der Waals surface area contributed by atoms with Crippen LogP contribution in [-0.4, -0.2) is 58.2 Å². The Morgan fingerprint density at radius 3 is 2.41 bits per heavy atom. The van der Waals surface area contributed by atoms with E-state index >= 15 is 0 Å². The number of sulfonamides is 1. The Balaban J connectivity index is 1.26. The van der Waals surface area contributed by atoms with Crippen LogP contribution in [-0.2, 0) is 38.4 Å². The Morgan fingerprint density at radius 1 is 0.892 bits per heavy atom. The Morgan fingerprint density at radius 2 is 1.59 bits per heavy atom. The van der Waals surface area contributed by atoms with Crippen molar-refractivity contribution in [3.05, 3.63) is 95.6 Å². The molecule has 2 heterocycles. The molecule has 3 aromatic rings. The maximum atomic E-state index is 13.4. The van der Waals surface area contributed by atoms with E-state index in [0.717, 1.165) is 38.4 Å². The fourth-order valence-electron chi connectivity index (χ4n) is 4.62. The number of carbonyl (C=O) groups is 1. The van der Waals surface area contributed by atoms with Gasteiger partial charge < -0.3 is 14.8 Å². The van der Waals surface area contributed by atoms with Gasteiger partial charge in [-0.15, -0.1) is 0 Å². The molecule has 8 nitrogen and oxygen atoms in total. The summed E-state index contributed by atoms with van der Waals surface area (Å²) < 4.78 is 39.5. The predicted octanol–water partition coefficient (Wildman–Crippen LogP) is 2.93. The van der Waals surface area contributed by atoms with Crippen LogP contribution in [0.4, 0.5) is 5.69 Å². The molecule has 0 unspecified atom stereocenters. The number of anilines is 1. The molecule has 1 amide bonds. The first-order valence-electron chi connectivity index (χ1n) is 12.4. The molecule has 0 radical (unpaired) electrons. The summed E-state index contributed by atoms with van der Waals surface area (Å²) in [5.74, 6) is -0.141. The molecule has 0 aliphatic carbocycles. The highest BCUT2D eigenvalue weighted by Crippen LogP contribution is 2.35. The summed E-state index contributed by atoms with van der Waals surface area (Å²) in [6.45, 7) is 4.39. The van der Waals surface area contributed by atoms with Crippen LogP contribution in [0.1, 0.15) is 16.7 Å². The van der Waals surface area contributed by atoms with Crippen LogP contribution in [0.15, 0.2) is 78.9 Å². The second-order valence-corrected chi connectivity index (χ2v) is 11.2. The van der Waals surface area contributed by atoms with Gasteiger partial charge in [0.1, 0.15) is 5.75 Å². The van der Waals surface area contributed by atoms with Crippen molar-refractivity contribution < 1.29 is 22.7 Å². The highest BCUT2D eigenvalue weighted by molar-refractivity contribution is 7.92. The molecule has 5 rings (SSSR count). The second-order valence-electron chi connectivity index (χ2n) is 9.27. The van der Waals surface area contributed by atoms with E-state index in [1.54, 1.807) is 36.4 Å². The highest BCUT2D eigenvalue weighted by Gasteiger charge is 2.36. The van der Waals surface area contributed by atoms with Gasteiger partial charge in [0.05, 0.1) is 31.2 Å². The molecule has 0 bridgehead atoms. The van der Waals surface area contributed by atoms with Crippen LogP contribution in [0.2, 0.25) is 0 Å². The fraction of sp³-hybridized carbons (Fsp3) is 0.321. The third-order valence-electron chi connectivity index (χ3n) is 6.52. The first kappa shape index (κ1) is 25.3. The first-order chi connectivity index (χ1) is 18.0. The van der Waals surface area contributed by atoms with Gasteiger partial charge in [-0.1, -0.05) is 66.7 Å². The smallest absolute Gasteiger partial charge is 0.263 e. The topological polar surface area (TPSA) is 88.2 Å². The summed E-state index contributed by atoms with van der Waals surface area (Å²) >= 11 is 0. The summed E-state index contributed by atoms with van der Waals surface area (Å²) in [5, 5.41) is 2.93. The monoisotopic (exact) mass is 521 g/mol. The zero-order chi connectivity index (χ0) is 25.7. The summed E-state index contributed by atoms with van der Waals surface area (Å²) in [6.07, 6.45) is -0.961. The van der Waals surface area contributed by atoms with E-state index in [9.17, 15) is 13.2 Å². The standard InChI is InChI=1S/C28H31N3O5S/c32-28(29-18-23-9-6-10-24(17-23)19-30-13-15-35-16-14-30)27-20-31(25-11-4-5-12-26(25)36-27)37(33,34)21-22-7-2-1-3-8-22/h1-12,17,27H,13-16,18-21H2,(H,29,32)/t27-/m0/s1. The van der Waals surface area contributed by atoms with Crippen molar-refractivity contribution >= 4 is 21.6 Å². The fourth-order valence-corrected chi connectivity index (χ4v) is 6.21. The number of amides is 1. The summed E-state index contributed by atoms with van der Waals surface area (Å²) in [4.78, 5) is 15.5. The van der Waals surface area contributed by atoms with Gasteiger partial charge >= 0.3 is 0 Å². The Bertz CT molecular complexity index is 1330. The van der Waals surface area contributed by atoms with E-state index in [1.807, 2.05) is 30.3 Å². The van der Waals surface area contributed by atoms with Crippen molar-refractivity contribution in [1.29, 1.82) is 0 Å². The van der Waals surface area contributed by atoms with Crippen molar-refractivity contribution in [3.8, 4) is 5.75 Å². The highest BCUT2D eigenvalue weighted by atomic mass is 32.2. The van der Waals surface area contributed by atoms with Crippen LogP contribution in [0.25, 0.3) is 0 Å². The number of rotatable bonds is 8. The number of nitrogens with zero attached hydrogens (tertiary/aromatic N) is 2. The van der Waals surface area contributed by atoms with Crippen molar-refractivity contribution in [1.82, 2.24) is 10.2 Å². The zero-order valence-corrected chi connectivity index (χ0v) is 21.4. The normalized spacial score (nSPS) is 18.1. The Hall–Kier alpha value is -3.40. The molecule has 194 valence electrons. The lowest BCUT2D eigenvalue weighted by Gasteiger charge is -2.34. The molecule has 37 heavy (non-hydrogen) atoms. The van der Waals surface area contributed by atoms with Crippen molar-refractivity contribution in [2.75, 3.05) is 37.2 Å². The minimum atomic E-state index is -3.74. The van der Waals surface area contributed by atoms with Crippen molar-refractivity contribution in [2.45, 2.75) is 24.9 Å². The van der Waals surface area contributed by atoms with Gasteiger partial charge in [-0.05, 0) is 28.8 Å². The van der Waals surface area contributed by atoms with Gasteiger partial charge in [0, 0.05) is 26.2 Å². The van der Waals surface area contributed by atoms with E-state index in [0.29, 0.717) is 23.5 Å². The molecular weight excluding hydrogens is 490 g/mol. The maximum absolute atomic E-state index is 13.4. The zero-order valence-electron chi connectivity index (χ0n) is 20.6. The number of para-hydroxylation sites is 2. The number of benzene rings is 3. The number of fused-ring (bicyclic) bond motifs is 1. The molecular formula is C28H31N3O5S. The summed E-state index contributed by atoms with van der Waals surface area (Å²) in [7, 11) is -3.74. The lowest BCUT2D eigenvalue weighted by Crippen LogP contribution is -2.50. The predicted molar refractivity (Wildman–Crippen MR) is 142 cm³/mol. The average Bonchev–Trinajstić information content (AvgIpc) is 2.92. The van der Waals surface area contributed by atoms with Gasteiger partial charge in [-0.25, -0.2) is 8.42 Å². The number of nitrogens with one attached hydrogen (secondary N) is 1. The van der Waals surface area contributed by atoms with Gasteiger partial charge in [0.15, 0.2) is 6.10 Å². The van der Waals surface area contributed by atoms with Gasteiger partial charge in [0.2, 0.25) is 10.0 Å². The van der Waals surface area contributed by atoms with E-state index in [1.165, 1.54) is 9.87 Å². The molecule has 1 N–H and O–H groups in total. The van der Waals surface area contributed by atoms with E-state index in [4.69, 9.17) is 9.47 Å². The van der Waals surface area contributed by atoms with Gasteiger partial charge in [-0.2, -0.15) is 0 Å². The molecule has 0 saturated carbocycles. The molecule has 1 saturated heterocycles. The number of morpholine rings is 1. The largest absolute Gasteiger partial charge is 0.476 e. The molecule has 9 heteroatoms. The van der Waals surface area contributed by atoms with Crippen molar-refractivity contribution in [2.24, 2.45) is 0 Å². The number of carbonyl (C=O) groups excluding carboxylic acids is 1. The van der Waals surface area contributed by atoms with E-state index < -0.39 is 16.1 Å². The summed E-state index contributed by atoms with van der Waals surface area (Å²) in [6, 6.07) is 24.1. The maximum Gasteiger partial charge on any atom is 0.263 e. The van der Waals surface area contributed by atoms with Crippen LogP contribution in [0.3, 0.4) is 0 Å². The number of hydrogen-bond acceptors (Lipinski definition) is 6. The van der Waals surface area contributed by atoms with Crippen LogP contribution < -0.4 is 14.4 Å². The molecule has 1 fully saturated rings. The molecule has 2 aliphatic heterocycles. The van der Waals surface area contributed by atoms with E-state index in [-0.39, 0.29) is 18.2 Å². The van der Waals surface area contributed by atoms with Crippen LogP contribution in [0.5, 0.6) is 5.75 Å². The molecule has 0 spiro atoms. The van der Waals surface area contributed by atoms with Crippen LogP contribution in [0, 0.1) is 0 Å². The third-order valence-corrected chi connectivity index (χ3v) is 8.24. The molecule has 0 aromatic heterocycles. The van der Waals surface area contributed by atoms with E-state index in [2.05, 4.69) is 22.3 Å². The second kappa shape index (κ2) is 11.3. The third kappa shape index (κ3) is 6.30. The minimum absolute atomic E-state index is 0.0882. The lowest BCUT2D eigenvalue weighted by atomic mass is 10.1. The SMILES string of the molecule is O=C(NCc1cccc(CN2CCOCC2)c1)[C@@H]1CN(S(=O)(=O)Cc2ccccc2)c2ccccc2O1.